The SMILES string of the molecule is c1ccc(-c2ccc(N3c4cc5ccc6ccccc6c5cc4B4c5cc6c(ccc7ccccc76)cc5N(c5ccc(-c6ccccc6)cc5)c5cc(-c6nc(-c7ccccc7)nc(-c7ccccc7)n6)cc3c54)cc2)cc1. The molecule has 1 aromatic heterocycles. The molecule has 2 aliphatic heterocycles. The number of rotatable bonds is 7. The summed E-state index contributed by atoms with van der Waals surface area (Å²) in [6.45, 7) is -0.173. The summed E-state index contributed by atoms with van der Waals surface area (Å²) in [5.74, 6) is 1.82. The van der Waals surface area contributed by atoms with E-state index >= 15 is 0 Å². The van der Waals surface area contributed by atoms with Crippen LogP contribution in [0.25, 0.3) is 99.5 Å². The molecule has 0 aliphatic carbocycles. The third kappa shape index (κ3) is 7.44. The third-order valence-electron chi connectivity index (χ3n) is 16.2. The lowest BCUT2D eigenvalue weighted by molar-refractivity contribution is 1.07. The summed E-state index contributed by atoms with van der Waals surface area (Å²) in [5, 5.41) is 9.75. The second-order valence-electron chi connectivity index (χ2n) is 20.7. The van der Waals surface area contributed by atoms with Gasteiger partial charge in [-0.3, -0.25) is 0 Å². The highest BCUT2D eigenvalue weighted by Gasteiger charge is 2.44. The highest BCUT2D eigenvalue weighted by atomic mass is 15.2. The van der Waals surface area contributed by atoms with E-state index in [0.717, 1.165) is 61.9 Å². The quantitative estimate of drug-likeness (QED) is 0.118. The topological polar surface area (TPSA) is 45.2 Å². The fourth-order valence-corrected chi connectivity index (χ4v) is 12.5. The van der Waals surface area contributed by atoms with Crippen LogP contribution in [-0.4, -0.2) is 21.7 Å². The van der Waals surface area contributed by atoms with Gasteiger partial charge >= 0.3 is 0 Å². The van der Waals surface area contributed by atoms with Crippen molar-refractivity contribution in [2.24, 2.45) is 0 Å². The number of hydrogen-bond acceptors (Lipinski definition) is 5. The van der Waals surface area contributed by atoms with Crippen LogP contribution in [0.4, 0.5) is 34.1 Å². The summed E-state index contributed by atoms with van der Waals surface area (Å²) in [4.78, 5) is 21.0. The maximum Gasteiger partial charge on any atom is 0.252 e. The summed E-state index contributed by atoms with van der Waals surface area (Å²) < 4.78 is 0. The zero-order chi connectivity index (χ0) is 52.0. The molecule has 79 heavy (non-hydrogen) atoms. The van der Waals surface area contributed by atoms with Crippen LogP contribution in [0.15, 0.2) is 279 Å². The molecule has 16 rings (SSSR count). The van der Waals surface area contributed by atoms with E-state index in [4.69, 9.17) is 15.0 Å². The Bertz CT molecular complexity index is 4410. The van der Waals surface area contributed by atoms with Gasteiger partial charge in [0, 0.05) is 50.8 Å². The van der Waals surface area contributed by atoms with Crippen LogP contribution in [0.1, 0.15) is 0 Å². The first-order valence-corrected chi connectivity index (χ1v) is 27.0. The molecule has 0 amide bonds. The zero-order valence-corrected chi connectivity index (χ0v) is 42.9. The molecule has 3 heterocycles. The molecule has 0 saturated heterocycles. The van der Waals surface area contributed by atoms with E-state index < -0.39 is 0 Å². The number of hydrogen-bond donors (Lipinski definition) is 0. The first-order chi connectivity index (χ1) is 39.1. The lowest BCUT2D eigenvalue weighted by Crippen LogP contribution is -2.61. The van der Waals surface area contributed by atoms with E-state index in [-0.39, 0.29) is 6.71 Å². The van der Waals surface area contributed by atoms with Crippen LogP contribution in [-0.2, 0) is 0 Å². The van der Waals surface area contributed by atoms with Crippen LogP contribution in [0, 0.1) is 0 Å². The van der Waals surface area contributed by atoms with Crippen molar-refractivity contribution in [3.8, 4) is 56.4 Å². The van der Waals surface area contributed by atoms with E-state index in [1.54, 1.807) is 0 Å². The van der Waals surface area contributed by atoms with Gasteiger partial charge in [0.2, 0.25) is 0 Å². The minimum Gasteiger partial charge on any atom is -0.311 e. The summed E-state index contributed by atoms with van der Waals surface area (Å²) in [6.07, 6.45) is 0. The van der Waals surface area contributed by atoms with Gasteiger partial charge in [-0.1, -0.05) is 231 Å². The van der Waals surface area contributed by atoms with E-state index in [0.29, 0.717) is 17.5 Å². The van der Waals surface area contributed by atoms with E-state index in [1.807, 2.05) is 36.4 Å². The normalized spacial score (nSPS) is 12.5. The highest BCUT2D eigenvalue weighted by molar-refractivity contribution is 7.00. The fourth-order valence-electron chi connectivity index (χ4n) is 12.5. The minimum absolute atomic E-state index is 0.173. The van der Waals surface area contributed by atoms with Crippen molar-refractivity contribution in [2.45, 2.75) is 0 Å². The van der Waals surface area contributed by atoms with Gasteiger partial charge in [0.1, 0.15) is 0 Å². The van der Waals surface area contributed by atoms with Crippen molar-refractivity contribution in [1.82, 2.24) is 15.0 Å². The summed E-state index contributed by atoms with van der Waals surface area (Å²) >= 11 is 0. The second kappa shape index (κ2) is 18.1. The minimum atomic E-state index is -0.173. The fraction of sp³-hybridized carbons (Fsp3) is 0. The van der Waals surface area contributed by atoms with Gasteiger partial charge in [-0.05, 0) is 130 Å². The van der Waals surface area contributed by atoms with Crippen LogP contribution in [0.5, 0.6) is 0 Å². The highest BCUT2D eigenvalue weighted by Crippen LogP contribution is 2.48. The van der Waals surface area contributed by atoms with Crippen molar-refractivity contribution >= 4 is 100 Å². The maximum absolute atomic E-state index is 5.42. The van der Waals surface area contributed by atoms with E-state index in [9.17, 15) is 0 Å². The Kier molecular flexibility index (Phi) is 10.3. The lowest BCUT2D eigenvalue weighted by Gasteiger charge is -2.44. The molecule has 2 aliphatic rings. The van der Waals surface area contributed by atoms with Crippen molar-refractivity contribution in [1.29, 1.82) is 0 Å². The van der Waals surface area contributed by atoms with Crippen LogP contribution >= 0.6 is 0 Å². The molecule has 0 spiro atoms. The number of benzene rings is 13. The molecule has 13 aromatic carbocycles. The smallest absolute Gasteiger partial charge is 0.252 e. The van der Waals surface area contributed by atoms with Crippen LogP contribution in [0.3, 0.4) is 0 Å². The molecule has 6 heteroatoms. The van der Waals surface area contributed by atoms with Gasteiger partial charge < -0.3 is 9.80 Å². The van der Waals surface area contributed by atoms with Crippen molar-refractivity contribution in [3.05, 3.63) is 279 Å². The lowest BCUT2D eigenvalue weighted by atomic mass is 9.33. The zero-order valence-electron chi connectivity index (χ0n) is 42.9. The Morgan fingerprint density at radius 1 is 0.241 bits per heavy atom. The summed E-state index contributed by atoms with van der Waals surface area (Å²) in [5.41, 5.74) is 17.6. The predicted octanol–water partition coefficient (Wildman–Crippen LogP) is 16.9. The molecule has 0 atom stereocenters. The molecule has 0 N–H and O–H groups in total. The number of aromatic nitrogens is 3. The molecule has 0 saturated carbocycles. The monoisotopic (exact) mass is 1000 g/mol. The van der Waals surface area contributed by atoms with Crippen molar-refractivity contribution in [3.63, 3.8) is 0 Å². The molecule has 0 fully saturated rings. The Morgan fingerprint density at radius 2 is 0.582 bits per heavy atom. The van der Waals surface area contributed by atoms with Crippen LogP contribution in [0.2, 0.25) is 0 Å². The average molecular weight is 1000 g/mol. The van der Waals surface area contributed by atoms with E-state index in [2.05, 4.69) is 252 Å². The molecule has 0 radical (unpaired) electrons. The van der Waals surface area contributed by atoms with Gasteiger partial charge in [0.25, 0.3) is 6.71 Å². The standard InChI is InChI=1S/C73H46BN5/c1-5-17-47(18-6-1)49-33-37-58(38-34-49)78-66-41-55-31-29-51-21-13-15-27-60(51)62(55)45-64(66)74-65-46-63-56(32-30-52-22-14-16-28-61(52)63)42-67(65)79(59-39-35-50(36-40-59)48-19-7-2-8-20-48)69-44-57(43-68(78)70(69)74)73-76-71(53-23-9-3-10-24-53)75-72(77-73)54-25-11-4-12-26-54/h1-46H. The molecule has 14 aromatic rings. The van der Waals surface area contributed by atoms with Crippen molar-refractivity contribution < 1.29 is 0 Å². The Labute approximate surface area is 458 Å². The summed E-state index contributed by atoms with van der Waals surface area (Å²) in [6, 6.07) is 101. The van der Waals surface area contributed by atoms with Gasteiger partial charge in [0.15, 0.2) is 17.5 Å². The number of anilines is 6. The van der Waals surface area contributed by atoms with E-state index in [1.165, 1.54) is 70.6 Å². The molecule has 5 nitrogen and oxygen atoms in total. The maximum atomic E-state index is 5.42. The van der Waals surface area contributed by atoms with Gasteiger partial charge in [0.05, 0.1) is 0 Å². The summed E-state index contributed by atoms with van der Waals surface area (Å²) in [7, 11) is 0. The van der Waals surface area contributed by atoms with Crippen molar-refractivity contribution in [2.75, 3.05) is 9.80 Å². The average Bonchev–Trinajstić information content (AvgIpc) is 3.70. The second-order valence-corrected chi connectivity index (χ2v) is 20.7. The molecule has 0 bridgehead atoms. The van der Waals surface area contributed by atoms with Gasteiger partial charge in [-0.15, -0.1) is 0 Å². The predicted molar refractivity (Wildman–Crippen MR) is 331 cm³/mol. The number of fused-ring (bicyclic) bond motifs is 10. The Hall–Kier alpha value is -10.4. The Balaban J connectivity index is 1.03. The molecule has 0 unspecified atom stereocenters. The first kappa shape index (κ1) is 44.8. The number of nitrogens with zero attached hydrogens (tertiary/aromatic N) is 5. The molecular weight excluding hydrogens is 958 g/mol. The third-order valence-corrected chi connectivity index (χ3v) is 16.2. The molecular formula is C73H46BN5. The van der Waals surface area contributed by atoms with Gasteiger partial charge in [-0.25, -0.2) is 15.0 Å². The largest absolute Gasteiger partial charge is 0.311 e. The first-order valence-electron chi connectivity index (χ1n) is 27.0. The molecule has 366 valence electrons. The Morgan fingerprint density at radius 3 is 1.00 bits per heavy atom. The van der Waals surface area contributed by atoms with Crippen LogP contribution < -0.4 is 26.2 Å². The van der Waals surface area contributed by atoms with Gasteiger partial charge in [-0.2, -0.15) is 0 Å².